The van der Waals surface area contributed by atoms with E-state index < -0.39 is 29.4 Å². The lowest BCUT2D eigenvalue weighted by Crippen LogP contribution is -2.51. The number of hydrogen-bond acceptors (Lipinski definition) is 5. The molecule has 1 aromatic heterocycles. The molecule has 2 aliphatic rings. The van der Waals surface area contributed by atoms with Gasteiger partial charge in [0.15, 0.2) is 11.6 Å². The summed E-state index contributed by atoms with van der Waals surface area (Å²) in [6, 6.07) is 2.38. The Morgan fingerprint density at radius 3 is 2.38 bits per heavy atom. The fourth-order valence-corrected chi connectivity index (χ4v) is 4.05. The Kier molecular flexibility index (Phi) is 5.40. The van der Waals surface area contributed by atoms with Crippen LogP contribution in [0.3, 0.4) is 0 Å². The maximum atomic E-state index is 14.2. The monoisotopic (exact) mass is 405 g/mol. The number of aromatic nitrogens is 2. The number of amides is 1. The summed E-state index contributed by atoms with van der Waals surface area (Å²) >= 11 is 0. The van der Waals surface area contributed by atoms with Crippen molar-refractivity contribution in [3.63, 3.8) is 0 Å². The van der Waals surface area contributed by atoms with Crippen LogP contribution in [0.4, 0.5) is 24.8 Å². The Bertz CT molecular complexity index is 919. The molecule has 1 aromatic carbocycles. The first kappa shape index (κ1) is 19.6. The lowest BCUT2D eigenvalue weighted by molar-refractivity contribution is -0.120. The second-order valence-electron chi connectivity index (χ2n) is 7.55. The van der Waals surface area contributed by atoms with Gasteiger partial charge in [0.05, 0.1) is 0 Å². The van der Waals surface area contributed by atoms with Crippen LogP contribution in [0.15, 0.2) is 24.5 Å². The number of rotatable bonds is 3. The van der Waals surface area contributed by atoms with E-state index in [1.807, 2.05) is 0 Å². The van der Waals surface area contributed by atoms with Crippen LogP contribution in [0.5, 0.6) is 0 Å². The van der Waals surface area contributed by atoms with E-state index in [1.165, 1.54) is 17.6 Å². The highest BCUT2D eigenvalue weighted by atomic mass is 19.2. The van der Waals surface area contributed by atoms with Gasteiger partial charge < -0.3 is 10.6 Å². The van der Waals surface area contributed by atoms with E-state index >= 15 is 0 Å². The Balaban J connectivity index is 1.55. The van der Waals surface area contributed by atoms with E-state index in [1.54, 1.807) is 6.07 Å². The molecule has 2 atom stereocenters. The average Bonchev–Trinajstić information content (AvgIpc) is 2.73. The highest BCUT2D eigenvalue weighted by Crippen LogP contribution is 2.33. The first-order chi connectivity index (χ1) is 13.9. The molecule has 9 heteroatoms. The molecule has 2 aromatic rings. The van der Waals surface area contributed by atoms with Crippen LogP contribution in [0.1, 0.15) is 37.2 Å². The summed E-state index contributed by atoms with van der Waals surface area (Å²) in [5, 5.41) is 0. The van der Waals surface area contributed by atoms with Crippen LogP contribution in [0.25, 0.3) is 0 Å². The van der Waals surface area contributed by atoms with Crippen molar-refractivity contribution in [2.24, 2.45) is 5.73 Å². The quantitative estimate of drug-likeness (QED) is 0.795. The van der Waals surface area contributed by atoms with Gasteiger partial charge in [-0.05, 0) is 30.9 Å². The summed E-state index contributed by atoms with van der Waals surface area (Å²) in [5.41, 5.74) is 6.13. The van der Waals surface area contributed by atoms with Gasteiger partial charge in [0, 0.05) is 50.1 Å². The zero-order valence-electron chi connectivity index (χ0n) is 15.8. The van der Waals surface area contributed by atoms with Gasteiger partial charge in [-0.1, -0.05) is 0 Å². The predicted molar refractivity (Wildman–Crippen MR) is 102 cm³/mol. The number of anilines is 2. The number of hydrogen-bond donors (Lipinski definition) is 1. The fraction of sp³-hybridized carbons (Fsp3) is 0.450. The molecule has 3 heterocycles. The molecule has 0 spiro atoms. The standard InChI is InChI=1S/C20H22F3N5O/c21-14-8-16(23)15(22)6-12(14)13-7-20(29)28(10-17(13)24)19-9-18(25-11-26-19)27-4-2-1-3-5-27/h6,8-9,11,13,17H,1-5,7,10,24H2/t13-,17+/m1/s1. The third-order valence-electron chi connectivity index (χ3n) is 5.64. The van der Waals surface area contributed by atoms with E-state index in [9.17, 15) is 18.0 Å². The van der Waals surface area contributed by atoms with Gasteiger partial charge in [-0.3, -0.25) is 9.69 Å². The Morgan fingerprint density at radius 1 is 0.931 bits per heavy atom. The summed E-state index contributed by atoms with van der Waals surface area (Å²) in [4.78, 5) is 24.9. The molecule has 0 bridgehead atoms. The molecule has 0 aliphatic carbocycles. The smallest absolute Gasteiger partial charge is 0.228 e. The maximum absolute atomic E-state index is 14.2. The molecule has 6 nitrogen and oxygen atoms in total. The lowest BCUT2D eigenvalue weighted by atomic mass is 9.85. The van der Waals surface area contributed by atoms with Crippen molar-refractivity contribution >= 4 is 17.5 Å². The van der Waals surface area contributed by atoms with E-state index in [2.05, 4.69) is 14.9 Å². The van der Waals surface area contributed by atoms with Gasteiger partial charge in [-0.25, -0.2) is 23.1 Å². The van der Waals surface area contributed by atoms with Gasteiger partial charge in [-0.15, -0.1) is 0 Å². The van der Waals surface area contributed by atoms with Crippen molar-refractivity contribution < 1.29 is 18.0 Å². The molecule has 0 saturated carbocycles. The third-order valence-corrected chi connectivity index (χ3v) is 5.64. The second-order valence-corrected chi connectivity index (χ2v) is 7.55. The predicted octanol–water partition coefficient (Wildman–Crippen LogP) is 2.73. The Labute approximate surface area is 166 Å². The van der Waals surface area contributed by atoms with Gasteiger partial charge >= 0.3 is 0 Å². The highest BCUT2D eigenvalue weighted by molar-refractivity contribution is 5.94. The first-order valence-corrected chi connectivity index (χ1v) is 9.71. The molecule has 0 radical (unpaired) electrons. The summed E-state index contributed by atoms with van der Waals surface area (Å²) in [6.45, 7) is 1.90. The van der Waals surface area contributed by atoms with Crippen LogP contribution >= 0.6 is 0 Å². The van der Waals surface area contributed by atoms with Crippen molar-refractivity contribution in [2.45, 2.75) is 37.6 Å². The van der Waals surface area contributed by atoms with Gasteiger partial charge in [0.1, 0.15) is 23.8 Å². The van der Waals surface area contributed by atoms with E-state index in [4.69, 9.17) is 5.73 Å². The SMILES string of the molecule is N[C@H]1CN(c2cc(N3CCCCC3)ncn2)C(=O)C[C@@H]1c1cc(F)c(F)cc1F. The lowest BCUT2D eigenvalue weighted by Gasteiger charge is -2.36. The molecule has 2 saturated heterocycles. The van der Waals surface area contributed by atoms with Crippen LogP contribution in [-0.4, -0.2) is 41.6 Å². The van der Waals surface area contributed by atoms with E-state index in [-0.39, 0.29) is 24.4 Å². The highest BCUT2D eigenvalue weighted by Gasteiger charge is 2.36. The van der Waals surface area contributed by atoms with Crippen molar-refractivity contribution in [3.05, 3.63) is 47.5 Å². The van der Waals surface area contributed by atoms with Gasteiger partial charge in [0.25, 0.3) is 0 Å². The molecule has 0 unspecified atom stereocenters. The molecule has 2 aliphatic heterocycles. The number of carbonyl (C=O) groups excluding carboxylic acids is 1. The number of benzene rings is 1. The van der Waals surface area contributed by atoms with Crippen molar-refractivity contribution in [1.82, 2.24) is 9.97 Å². The fourth-order valence-electron chi connectivity index (χ4n) is 4.05. The van der Waals surface area contributed by atoms with Gasteiger partial charge in [0.2, 0.25) is 5.91 Å². The van der Waals surface area contributed by atoms with Crippen LogP contribution in [0, 0.1) is 17.5 Å². The van der Waals surface area contributed by atoms with E-state index in [0.29, 0.717) is 11.9 Å². The molecule has 4 rings (SSSR count). The Morgan fingerprint density at radius 2 is 1.62 bits per heavy atom. The van der Waals surface area contributed by atoms with Crippen LogP contribution < -0.4 is 15.5 Å². The number of nitrogens with zero attached hydrogens (tertiary/aromatic N) is 4. The minimum atomic E-state index is -1.27. The first-order valence-electron chi connectivity index (χ1n) is 9.71. The number of nitrogens with two attached hydrogens (primary N) is 1. The van der Waals surface area contributed by atoms with E-state index in [0.717, 1.165) is 37.8 Å². The molecular formula is C20H22F3N5O. The topological polar surface area (TPSA) is 75.3 Å². The minimum Gasteiger partial charge on any atom is -0.356 e. The van der Waals surface area contributed by atoms with Crippen molar-refractivity contribution in [2.75, 3.05) is 29.4 Å². The summed E-state index contributed by atoms with van der Waals surface area (Å²) < 4.78 is 41.0. The largest absolute Gasteiger partial charge is 0.356 e. The zero-order chi connectivity index (χ0) is 20.5. The molecule has 2 fully saturated rings. The molecule has 29 heavy (non-hydrogen) atoms. The van der Waals surface area contributed by atoms with Gasteiger partial charge in [-0.2, -0.15) is 0 Å². The van der Waals surface area contributed by atoms with Crippen LogP contribution in [0.2, 0.25) is 0 Å². The number of halogens is 3. The van der Waals surface area contributed by atoms with Crippen molar-refractivity contribution in [1.29, 1.82) is 0 Å². The Hall–Kier alpha value is -2.68. The number of carbonyl (C=O) groups is 1. The summed E-state index contributed by atoms with van der Waals surface area (Å²) in [5.74, 6) is -3.18. The average molecular weight is 405 g/mol. The molecule has 154 valence electrons. The normalized spacial score (nSPS) is 22.8. The van der Waals surface area contributed by atoms with Crippen LogP contribution in [-0.2, 0) is 4.79 Å². The number of piperidine rings is 2. The summed E-state index contributed by atoms with van der Waals surface area (Å²) in [7, 11) is 0. The minimum absolute atomic E-state index is 0.0823. The zero-order valence-corrected chi connectivity index (χ0v) is 15.8. The summed E-state index contributed by atoms with van der Waals surface area (Å²) in [6.07, 6.45) is 4.67. The molecular weight excluding hydrogens is 383 g/mol. The third kappa shape index (κ3) is 3.91. The maximum Gasteiger partial charge on any atom is 0.228 e. The molecule has 2 N–H and O–H groups in total. The molecule has 1 amide bonds. The second kappa shape index (κ2) is 7.98. The van der Waals surface area contributed by atoms with Crippen molar-refractivity contribution in [3.8, 4) is 0 Å².